The second kappa shape index (κ2) is 9.75. The van der Waals surface area contributed by atoms with Gasteiger partial charge in [-0.15, -0.1) is 0 Å². The molecule has 0 amide bonds. The molecule has 0 bridgehead atoms. The monoisotopic (exact) mass is 343 g/mol. The molecule has 2 aromatic rings. The van der Waals surface area contributed by atoms with E-state index < -0.39 is 24.5 Å². The average molecular weight is 343 g/mol. The van der Waals surface area contributed by atoms with Crippen LogP contribution in [0.25, 0.3) is 9.69 Å². The van der Waals surface area contributed by atoms with Gasteiger partial charge in [-0.3, -0.25) is 9.97 Å². The Balaban J connectivity index is 0.000000443. The Morgan fingerprint density at radius 1 is 0.840 bits per heavy atom. The molecule has 2 aromatic heterocycles. The molecule has 25 heavy (non-hydrogen) atoms. The number of nitrogens with one attached hydrogen (secondary N) is 2. The summed E-state index contributed by atoms with van der Waals surface area (Å²) in [6.45, 7) is 13.0. The quantitative estimate of drug-likeness (QED) is 0.471. The van der Waals surface area contributed by atoms with Gasteiger partial charge in [-0.05, 0) is 0 Å². The standard InChI is InChI=1S/2C6H2F2N4.Li/c2*1-10-5-3(2-9)11-6(12-5)4(7)8;/h2*4H,(H,11,12);/q;;+1. The zero-order valence-corrected chi connectivity index (χ0v) is 12.3. The van der Waals surface area contributed by atoms with Crippen LogP contribution in [0, 0.1) is 35.8 Å². The molecular formula is C12H4F4LiN8+. The van der Waals surface area contributed by atoms with Gasteiger partial charge >= 0.3 is 31.7 Å². The number of halogens is 4. The minimum Gasteiger partial charge on any atom is -0.361 e. The van der Waals surface area contributed by atoms with Gasteiger partial charge in [0, 0.05) is 0 Å². The van der Waals surface area contributed by atoms with Crippen molar-refractivity contribution in [2.45, 2.75) is 12.9 Å². The Morgan fingerprint density at radius 2 is 1.16 bits per heavy atom. The first-order valence-corrected chi connectivity index (χ1v) is 5.69. The summed E-state index contributed by atoms with van der Waals surface area (Å²) < 4.78 is 47.7. The van der Waals surface area contributed by atoms with E-state index in [-0.39, 0.29) is 41.9 Å². The van der Waals surface area contributed by atoms with Gasteiger partial charge in [0.25, 0.3) is 11.6 Å². The fourth-order valence-corrected chi connectivity index (χ4v) is 1.29. The molecule has 8 nitrogen and oxygen atoms in total. The predicted molar refractivity (Wildman–Crippen MR) is 69.0 cm³/mol. The van der Waals surface area contributed by atoms with E-state index in [1.54, 1.807) is 0 Å². The molecule has 0 spiro atoms. The number of aromatic amines is 2. The number of imidazole rings is 2. The average Bonchev–Trinajstić information content (AvgIpc) is 3.18. The Morgan fingerprint density at radius 3 is 1.32 bits per heavy atom. The second-order valence-electron chi connectivity index (χ2n) is 3.69. The summed E-state index contributed by atoms with van der Waals surface area (Å²) in [5, 5.41) is 16.6. The third-order valence-corrected chi connectivity index (χ3v) is 2.25. The molecule has 120 valence electrons. The van der Waals surface area contributed by atoms with E-state index in [1.807, 2.05) is 9.97 Å². The minimum atomic E-state index is -2.78. The van der Waals surface area contributed by atoms with E-state index in [0.717, 1.165) is 0 Å². The van der Waals surface area contributed by atoms with Crippen LogP contribution in [-0.2, 0) is 0 Å². The van der Waals surface area contributed by atoms with Crippen LogP contribution in [0.1, 0.15) is 35.9 Å². The number of H-pyrrole nitrogens is 2. The molecule has 0 aliphatic rings. The van der Waals surface area contributed by atoms with Crippen molar-refractivity contribution < 1.29 is 36.4 Å². The maximum atomic E-state index is 11.9. The molecule has 0 fully saturated rings. The molecule has 0 saturated carbocycles. The second-order valence-corrected chi connectivity index (χ2v) is 3.69. The molecule has 0 atom stereocenters. The number of hydrogen-bond acceptors (Lipinski definition) is 4. The van der Waals surface area contributed by atoms with Crippen molar-refractivity contribution in [1.29, 1.82) is 10.5 Å². The largest absolute Gasteiger partial charge is 1.00 e. The van der Waals surface area contributed by atoms with Crippen molar-refractivity contribution in [1.82, 2.24) is 19.9 Å². The molecule has 0 saturated heterocycles. The predicted octanol–water partition coefficient (Wildman–Crippen LogP) is 0.544. The van der Waals surface area contributed by atoms with Crippen LogP contribution in [0.5, 0.6) is 0 Å². The number of nitriles is 2. The van der Waals surface area contributed by atoms with Crippen molar-refractivity contribution in [3.8, 4) is 12.1 Å². The number of nitrogens with zero attached hydrogens (tertiary/aromatic N) is 6. The third-order valence-electron chi connectivity index (χ3n) is 2.25. The fraction of sp³-hybridized carbons (Fsp3) is 0.167. The van der Waals surface area contributed by atoms with Crippen LogP contribution in [0.2, 0.25) is 0 Å². The Kier molecular flexibility index (Phi) is 8.46. The molecule has 0 aromatic carbocycles. The molecule has 0 radical (unpaired) electrons. The van der Waals surface area contributed by atoms with Gasteiger partial charge in [0.1, 0.15) is 12.1 Å². The normalized spacial score (nSPS) is 9.04. The van der Waals surface area contributed by atoms with Crippen LogP contribution in [0.15, 0.2) is 0 Å². The smallest absolute Gasteiger partial charge is 0.361 e. The van der Waals surface area contributed by atoms with Crippen LogP contribution < -0.4 is 18.9 Å². The first-order valence-electron chi connectivity index (χ1n) is 5.69. The summed E-state index contributed by atoms with van der Waals surface area (Å²) in [7, 11) is 0. The topological polar surface area (TPSA) is 114 Å². The van der Waals surface area contributed by atoms with Gasteiger partial charge in [0.15, 0.2) is 11.4 Å². The van der Waals surface area contributed by atoms with E-state index in [4.69, 9.17) is 23.7 Å². The summed E-state index contributed by atoms with van der Waals surface area (Å²) >= 11 is 0. The SMILES string of the molecule is [C-]#[N+]c1[nH]c(C(F)F)nc1C#N.[C-]#[N+]c1[nH]c(C(F)F)nc1C#N.[Li+]. The maximum absolute atomic E-state index is 11.9. The van der Waals surface area contributed by atoms with Crippen LogP contribution in [-0.4, -0.2) is 19.9 Å². The number of hydrogen-bond donors (Lipinski definition) is 2. The molecule has 13 heteroatoms. The first-order chi connectivity index (χ1) is 11.4. The zero-order chi connectivity index (χ0) is 18.3. The van der Waals surface area contributed by atoms with E-state index in [2.05, 4.69) is 19.7 Å². The van der Waals surface area contributed by atoms with E-state index >= 15 is 0 Å². The Labute approximate surface area is 149 Å². The summed E-state index contributed by atoms with van der Waals surface area (Å²) in [6, 6.07) is 3.06. The van der Waals surface area contributed by atoms with E-state index in [0.29, 0.717) is 0 Å². The number of alkyl halides is 4. The van der Waals surface area contributed by atoms with Gasteiger partial charge in [-0.1, -0.05) is 13.1 Å². The maximum Gasteiger partial charge on any atom is 1.00 e. The third kappa shape index (κ3) is 5.37. The minimum absolute atomic E-state index is 0. The van der Waals surface area contributed by atoms with Crippen molar-refractivity contribution in [3.05, 3.63) is 45.9 Å². The van der Waals surface area contributed by atoms with E-state index in [1.165, 1.54) is 12.1 Å². The van der Waals surface area contributed by atoms with Crippen LogP contribution in [0.4, 0.5) is 29.2 Å². The number of rotatable bonds is 2. The number of aromatic nitrogens is 4. The van der Waals surface area contributed by atoms with Gasteiger partial charge in [-0.25, -0.2) is 9.97 Å². The van der Waals surface area contributed by atoms with Crippen molar-refractivity contribution in [3.63, 3.8) is 0 Å². The van der Waals surface area contributed by atoms with Gasteiger partial charge in [0.2, 0.25) is 11.6 Å². The van der Waals surface area contributed by atoms with Crippen molar-refractivity contribution >= 4 is 11.6 Å². The molecule has 0 aliphatic heterocycles. The molecule has 0 unspecified atom stereocenters. The van der Waals surface area contributed by atoms with Crippen LogP contribution >= 0.6 is 0 Å². The van der Waals surface area contributed by atoms with Crippen LogP contribution in [0.3, 0.4) is 0 Å². The summed E-state index contributed by atoms with van der Waals surface area (Å²) in [6.07, 6.45) is -5.57. The molecular weight excluding hydrogens is 339 g/mol. The Bertz CT molecular complexity index is 753. The van der Waals surface area contributed by atoms with Crippen molar-refractivity contribution in [2.24, 2.45) is 0 Å². The molecule has 2 N–H and O–H groups in total. The summed E-state index contributed by atoms with van der Waals surface area (Å²) in [5.41, 5.74) is -0.583. The summed E-state index contributed by atoms with van der Waals surface area (Å²) in [5.74, 6) is -1.77. The van der Waals surface area contributed by atoms with E-state index in [9.17, 15) is 17.6 Å². The molecule has 0 aliphatic carbocycles. The fourth-order valence-electron chi connectivity index (χ4n) is 1.29. The summed E-state index contributed by atoms with van der Waals surface area (Å²) in [4.78, 5) is 16.2. The molecule has 2 rings (SSSR count). The van der Waals surface area contributed by atoms with Gasteiger partial charge in [0.05, 0.1) is 0 Å². The zero-order valence-electron chi connectivity index (χ0n) is 12.3. The van der Waals surface area contributed by atoms with Gasteiger partial charge in [-0.2, -0.15) is 28.1 Å². The Hall–Kier alpha value is -3.30. The first kappa shape index (κ1) is 21.7. The van der Waals surface area contributed by atoms with Gasteiger partial charge < -0.3 is 9.69 Å². The molecule has 2 heterocycles. The van der Waals surface area contributed by atoms with Crippen molar-refractivity contribution in [2.75, 3.05) is 0 Å².